The lowest BCUT2D eigenvalue weighted by molar-refractivity contribution is -0.122. The standard InChI is InChI=1S/C23H27FN2O4S/c1-30-21-12-11-17(24)14-22(21)31(28,29)26-18(13-16-7-3-2-4-8-16)15-19-20(26)9-5-6-10-23(27)25-19/h2-4,7-8,11-12,14,18-20H,5-6,9-10,13,15H2,1H3,(H,25,27)/t18-,19+,20-/m1/s1. The molecule has 1 amide bonds. The van der Waals surface area contributed by atoms with Gasteiger partial charge in [-0.1, -0.05) is 36.8 Å². The fraction of sp³-hybridized carbons (Fsp3) is 0.435. The summed E-state index contributed by atoms with van der Waals surface area (Å²) in [6.45, 7) is 0. The Bertz CT molecular complexity index is 1040. The first-order valence-electron chi connectivity index (χ1n) is 10.6. The summed E-state index contributed by atoms with van der Waals surface area (Å²) in [4.78, 5) is 12.1. The van der Waals surface area contributed by atoms with Gasteiger partial charge in [0.1, 0.15) is 16.5 Å². The minimum absolute atomic E-state index is 0.0456. The Morgan fingerprint density at radius 1 is 1.16 bits per heavy atom. The first kappa shape index (κ1) is 21.8. The Hall–Kier alpha value is -2.45. The van der Waals surface area contributed by atoms with Crippen LogP contribution in [0.15, 0.2) is 53.4 Å². The topological polar surface area (TPSA) is 75.7 Å². The second-order valence-corrected chi connectivity index (χ2v) is 10.0. The number of benzene rings is 2. The summed E-state index contributed by atoms with van der Waals surface area (Å²) in [7, 11) is -2.70. The van der Waals surface area contributed by atoms with Gasteiger partial charge in [0.05, 0.1) is 7.11 Å². The zero-order chi connectivity index (χ0) is 22.0. The highest BCUT2D eigenvalue weighted by Gasteiger charge is 2.49. The minimum Gasteiger partial charge on any atom is -0.495 e. The molecule has 3 atom stereocenters. The van der Waals surface area contributed by atoms with Crippen molar-refractivity contribution in [2.45, 2.75) is 61.5 Å². The molecule has 4 rings (SSSR count). The molecule has 2 aliphatic heterocycles. The lowest BCUT2D eigenvalue weighted by atomic mass is 9.98. The van der Waals surface area contributed by atoms with Gasteiger partial charge in [-0.05, 0) is 49.4 Å². The number of hydrogen-bond donors (Lipinski definition) is 1. The largest absolute Gasteiger partial charge is 0.495 e. The maximum absolute atomic E-state index is 14.1. The molecule has 8 heteroatoms. The number of amides is 1. The normalized spacial score (nSPS) is 24.7. The Morgan fingerprint density at radius 3 is 2.68 bits per heavy atom. The molecule has 2 aliphatic rings. The number of methoxy groups -OCH3 is 1. The number of nitrogens with zero attached hydrogens (tertiary/aromatic N) is 1. The molecule has 0 spiro atoms. The maximum atomic E-state index is 14.1. The number of nitrogens with one attached hydrogen (secondary N) is 1. The predicted octanol–water partition coefficient (Wildman–Crippen LogP) is 3.27. The van der Waals surface area contributed by atoms with Gasteiger partial charge in [0.15, 0.2) is 0 Å². The highest BCUT2D eigenvalue weighted by atomic mass is 32.2. The molecule has 0 radical (unpaired) electrons. The molecule has 0 unspecified atom stereocenters. The fourth-order valence-corrected chi connectivity index (χ4v) is 6.86. The predicted molar refractivity (Wildman–Crippen MR) is 115 cm³/mol. The fourth-order valence-electron chi connectivity index (χ4n) is 4.80. The van der Waals surface area contributed by atoms with Gasteiger partial charge in [-0.15, -0.1) is 0 Å². The molecule has 2 aromatic carbocycles. The van der Waals surface area contributed by atoms with E-state index in [9.17, 15) is 17.6 Å². The quantitative estimate of drug-likeness (QED) is 0.765. The molecule has 0 aromatic heterocycles. The maximum Gasteiger partial charge on any atom is 0.247 e. The molecular formula is C23H27FN2O4S. The molecule has 2 heterocycles. The molecule has 1 N–H and O–H groups in total. The van der Waals surface area contributed by atoms with E-state index in [2.05, 4.69) is 5.32 Å². The number of hydrogen-bond acceptors (Lipinski definition) is 4. The van der Waals surface area contributed by atoms with Crippen LogP contribution in [0.5, 0.6) is 5.75 Å². The van der Waals surface area contributed by atoms with Gasteiger partial charge in [0.25, 0.3) is 0 Å². The van der Waals surface area contributed by atoms with E-state index < -0.39 is 15.8 Å². The van der Waals surface area contributed by atoms with E-state index in [1.54, 1.807) is 0 Å². The Labute approximate surface area is 182 Å². The van der Waals surface area contributed by atoms with Crippen molar-refractivity contribution < 1.29 is 22.3 Å². The summed E-state index contributed by atoms with van der Waals surface area (Å²) in [6.07, 6.45) is 3.61. The molecular weight excluding hydrogens is 419 g/mol. The first-order valence-corrected chi connectivity index (χ1v) is 12.0. The Balaban J connectivity index is 1.77. The van der Waals surface area contributed by atoms with Crippen molar-refractivity contribution in [3.63, 3.8) is 0 Å². The smallest absolute Gasteiger partial charge is 0.247 e. The lowest BCUT2D eigenvalue weighted by Crippen LogP contribution is -2.48. The van der Waals surface area contributed by atoms with Gasteiger partial charge < -0.3 is 10.1 Å². The van der Waals surface area contributed by atoms with Crippen LogP contribution in [0.3, 0.4) is 0 Å². The van der Waals surface area contributed by atoms with E-state index in [1.165, 1.54) is 23.5 Å². The van der Waals surface area contributed by atoms with Crippen LogP contribution in [0.4, 0.5) is 4.39 Å². The molecule has 6 nitrogen and oxygen atoms in total. The van der Waals surface area contributed by atoms with Gasteiger partial charge in [0.2, 0.25) is 15.9 Å². The average molecular weight is 447 g/mol. The van der Waals surface area contributed by atoms with Crippen molar-refractivity contribution in [2.75, 3.05) is 7.11 Å². The summed E-state index contributed by atoms with van der Waals surface area (Å²) < 4.78 is 48.6. The van der Waals surface area contributed by atoms with E-state index in [0.29, 0.717) is 25.7 Å². The van der Waals surface area contributed by atoms with E-state index in [0.717, 1.165) is 24.5 Å². The van der Waals surface area contributed by atoms with Crippen molar-refractivity contribution in [2.24, 2.45) is 0 Å². The second-order valence-electron chi connectivity index (χ2n) is 8.20. The van der Waals surface area contributed by atoms with Gasteiger partial charge in [0, 0.05) is 24.5 Å². The van der Waals surface area contributed by atoms with Crippen LogP contribution in [0.2, 0.25) is 0 Å². The highest BCUT2D eigenvalue weighted by Crippen LogP contribution is 2.39. The molecule has 2 saturated heterocycles. The van der Waals surface area contributed by atoms with E-state index in [-0.39, 0.29) is 34.7 Å². The van der Waals surface area contributed by atoms with Crippen LogP contribution in [0, 0.1) is 5.82 Å². The van der Waals surface area contributed by atoms with E-state index in [1.807, 2.05) is 30.3 Å². The summed E-state index contributed by atoms with van der Waals surface area (Å²) in [6, 6.07) is 12.2. The van der Waals surface area contributed by atoms with E-state index >= 15 is 0 Å². The summed E-state index contributed by atoms with van der Waals surface area (Å²) in [5.74, 6) is -0.574. The number of carbonyl (C=O) groups is 1. The number of fused-ring (bicyclic) bond motifs is 1. The molecule has 31 heavy (non-hydrogen) atoms. The number of rotatable bonds is 5. The molecule has 0 bridgehead atoms. The van der Waals surface area contributed by atoms with Crippen molar-refractivity contribution in [3.05, 3.63) is 59.9 Å². The third-order valence-corrected chi connectivity index (χ3v) is 8.17. The van der Waals surface area contributed by atoms with Crippen LogP contribution in [0.1, 0.15) is 37.7 Å². The Kier molecular flexibility index (Phi) is 6.29. The third kappa shape index (κ3) is 4.45. The summed E-state index contributed by atoms with van der Waals surface area (Å²) in [5.41, 5.74) is 1.01. The lowest BCUT2D eigenvalue weighted by Gasteiger charge is -2.32. The van der Waals surface area contributed by atoms with Crippen molar-refractivity contribution in [3.8, 4) is 5.75 Å². The van der Waals surface area contributed by atoms with Crippen molar-refractivity contribution >= 4 is 15.9 Å². The highest BCUT2D eigenvalue weighted by molar-refractivity contribution is 7.89. The number of sulfonamides is 1. The van der Waals surface area contributed by atoms with Gasteiger partial charge in [-0.25, -0.2) is 12.8 Å². The number of ether oxygens (including phenoxy) is 1. The van der Waals surface area contributed by atoms with Gasteiger partial charge >= 0.3 is 0 Å². The third-order valence-electron chi connectivity index (χ3n) is 6.17. The van der Waals surface area contributed by atoms with Crippen LogP contribution in [-0.2, 0) is 21.2 Å². The average Bonchev–Trinajstić information content (AvgIpc) is 3.06. The molecule has 2 fully saturated rings. The van der Waals surface area contributed by atoms with E-state index in [4.69, 9.17) is 4.74 Å². The molecule has 2 aromatic rings. The number of carbonyl (C=O) groups excluding carboxylic acids is 1. The summed E-state index contributed by atoms with van der Waals surface area (Å²) >= 11 is 0. The van der Waals surface area contributed by atoms with Crippen LogP contribution < -0.4 is 10.1 Å². The van der Waals surface area contributed by atoms with Crippen molar-refractivity contribution in [1.29, 1.82) is 0 Å². The first-order chi connectivity index (χ1) is 14.9. The van der Waals surface area contributed by atoms with Crippen LogP contribution >= 0.6 is 0 Å². The molecule has 166 valence electrons. The molecule has 0 aliphatic carbocycles. The second kappa shape index (κ2) is 8.96. The van der Waals surface area contributed by atoms with Gasteiger partial charge in [-0.2, -0.15) is 4.31 Å². The van der Waals surface area contributed by atoms with Crippen LogP contribution in [0.25, 0.3) is 0 Å². The minimum atomic E-state index is -4.07. The van der Waals surface area contributed by atoms with Crippen molar-refractivity contribution in [1.82, 2.24) is 9.62 Å². The van der Waals surface area contributed by atoms with Gasteiger partial charge in [-0.3, -0.25) is 4.79 Å². The monoisotopic (exact) mass is 446 g/mol. The van der Waals surface area contributed by atoms with Crippen LogP contribution in [-0.4, -0.2) is 43.9 Å². The zero-order valence-electron chi connectivity index (χ0n) is 17.5. The SMILES string of the molecule is COc1ccc(F)cc1S(=O)(=O)N1[C@H](Cc2ccccc2)C[C@@H]2NC(=O)CCCC[C@H]21. The zero-order valence-corrected chi connectivity index (χ0v) is 18.3. The molecule has 0 saturated carbocycles. The number of halogens is 1. The Morgan fingerprint density at radius 2 is 1.94 bits per heavy atom. The summed E-state index contributed by atoms with van der Waals surface area (Å²) in [5, 5.41) is 3.04.